The molecule has 1 heterocycles. The van der Waals surface area contributed by atoms with Gasteiger partial charge in [-0.25, -0.2) is 0 Å². The van der Waals surface area contributed by atoms with E-state index in [2.05, 4.69) is 10.6 Å². The van der Waals surface area contributed by atoms with E-state index in [1.807, 2.05) is 5.38 Å². The summed E-state index contributed by atoms with van der Waals surface area (Å²) in [6.45, 7) is 1.75. The number of para-hydroxylation sites is 1. The molecule has 3 N–H and O–H groups in total. The molecule has 0 aliphatic rings. The van der Waals surface area contributed by atoms with E-state index in [1.54, 1.807) is 42.6 Å². The van der Waals surface area contributed by atoms with Crippen molar-refractivity contribution in [3.8, 4) is 0 Å². The number of anilines is 1. The Labute approximate surface area is 126 Å². The molecule has 0 bridgehead atoms. The highest BCUT2D eigenvalue weighted by Crippen LogP contribution is 2.17. The third-order valence-corrected chi connectivity index (χ3v) is 3.44. The Morgan fingerprint density at radius 3 is 2.67 bits per heavy atom. The van der Waals surface area contributed by atoms with Crippen molar-refractivity contribution in [2.45, 2.75) is 13.0 Å². The third kappa shape index (κ3) is 4.14. The molecule has 2 aromatic rings. The minimum atomic E-state index is -0.624. The summed E-state index contributed by atoms with van der Waals surface area (Å²) >= 11 is 1.43. The number of aliphatic hydroxyl groups is 1. The molecule has 6 heteroatoms. The van der Waals surface area contributed by atoms with Gasteiger partial charge >= 0.3 is 0 Å². The van der Waals surface area contributed by atoms with Gasteiger partial charge in [0, 0.05) is 11.9 Å². The van der Waals surface area contributed by atoms with Crippen LogP contribution >= 0.6 is 11.3 Å². The monoisotopic (exact) mass is 304 g/mol. The van der Waals surface area contributed by atoms with E-state index in [0.717, 1.165) is 0 Å². The van der Waals surface area contributed by atoms with Crippen LogP contribution < -0.4 is 10.6 Å². The molecule has 0 spiro atoms. The highest BCUT2D eigenvalue weighted by atomic mass is 32.1. The van der Waals surface area contributed by atoms with E-state index < -0.39 is 6.10 Å². The number of rotatable bonds is 5. The van der Waals surface area contributed by atoms with Crippen LogP contribution in [0.25, 0.3) is 0 Å². The van der Waals surface area contributed by atoms with Gasteiger partial charge < -0.3 is 15.7 Å². The van der Waals surface area contributed by atoms with Gasteiger partial charge in [-0.05, 0) is 30.5 Å². The van der Waals surface area contributed by atoms with E-state index in [-0.39, 0.29) is 18.4 Å². The van der Waals surface area contributed by atoms with Crippen molar-refractivity contribution in [3.05, 3.63) is 52.2 Å². The molecule has 0 aliphatic heterocycles. The summed E-state index contributed by atoms with van der Waals surface area (Å²) in [5.41, 5.74) is 1.36. The molecule has 2 rings (SSSR count). The molecule has 5 nitrogen and oxygen atoms in total. The van der Waals surface area contributed by atoms with Gasteiger partial charge in [0.2, 0.25) is 0 Å². The van der Waals surface area contributed by atoms with Crippen molar-refractivity contribution in [1.29, 1.82) is 0 Å². The quantitative estimate of drug-likeness (QED) is 0.791. The zero-order valence-corrected chi connectivity index (χ0v) is 12.3. The molecular weight excluding hydrogens is 288 g/mol. The number of hydrogen-bond acceptors (Lipinski definition) is 4. The molecule has 2 amide bonds. The van der Waals surface area contributed by atoms with Crippen LogP contribution in [0.3, 0.4) is 0 Å². The van der Waals surface area contributed by atoms with Gasteiger partial charge in [-0.15, -0.1) is 0 Å². The molecular formula is C15H16N2O3S. The molecule has 0 fully saturated rings. The third-order valence-electron chi connectivity index (χ3n) is 2.76. The normalized spacial score (nSPS) is 11.7. The molecule has 1 atom stereocenters. The summed E-state index contributed by atoms with van der Waals surface area (Å²) in [4.78, 5) is 24.1. The lowest BCUT2D eigenvalue weighted by molar-refractivity contribution is 0.0925. The van der Waals surface area contributed by atoms with Crippen molar-refractivity contribution >= 4 is 28.8 Å². The van der Waals surface area contributed by atoms with Gasteiger partial charge in [0.1, 0.15) is 0 Å². The number of thiophene rings is 1. The van der Waals surface area contributed by atoms with E-state index in [9.17, 15) is 14.7 Å². The Balaban J connectivity index is 2.13. The number of nitrogens with one attached hydrogen (secondary N) is 2. The highest BCUT2D eigenvalue weighted by Gasteiger charge is 2.14. The molecule has 1 unspecified atom stereocenters. The molecule has 21 heavy (non-hydrogen) atoms. The van der Waals surface area contributed by atoms with Gasteiger partial charge in [0.15, 0.2) is 0 Å². The molecule has 0 saturated heterocycles. The standard InChI is InChI=1S/C15H16N2O3S/c1-10(18)8-16-15(20)12-4-2-3-5-13(12)17-14(19)11-6-7-21-9-11/h2-7,9-10,18H,8H2,1H3,(H,16,20)(H,17,19). The lowest BCUT2D eigenvalue weighted by Crippen LogP contribution is -2.31. The lowest BCUT2D eigenvalue weighted by atomic mass is 10.1. The maximum atomic E-state index is 12.1. The average molecular weight is 304 g/mol. The highest BCUT2D eigenvalue weighted by molar-refractivity contribution is 7.08. The number of hydrogen-bond donors (Lipinski definition) is 3. The number of carbonyl (C=O) groups is 2. The average Bonchev–Trinajstić information content (AvgIpc) is 2.99. The van der Waals surface area contributed by atoms with Crippen molar-refractivity contribution in [3.63, 3.8) is 0 Å². The second-order valence-electron chi connectivity index (χ2n) is 4.57. The first-order valence-electron chi connectivity index (χ1n) is 6.47. The van der Waals surface area contributed by atoms with Crippen LogP contribution in [0, 0.1) is 0 Å². The molecule has 1 aromatic carbocycles. The van der Waals surface area contributed by atoms with Crippen LogP contribution in [0.15, 0.2) is 41.1 Å². The SMILES string of the molecule is CC(O)CNC(=O)c1ccccc1NC(=O)c1ccsc1. The first-order valence-corrected chi connectivity index (χ1v) is 7.41. The number of benzene rings is 1. The summed E-state index contributed by atoms with van der Waals surface area (Å²) in [5, 5.41) is 18.1. The Kier molecular flexibility index (Phi) is 5.08. The van der Waals surface area contributed by atoms with Crippen molar-refractivity contribution < 1.29 is 14.7 Å². The van der Waals surface area contributed by atoms with Crippen molar-refractivity contribution in [2.24, 2.45) is 0 Å². The second-order valence-corrected chi connectivity index (χ2v) is 5.35. The maximum absolute atomic E-state index is 12.1. The number of aliphatic hydroxyl groups excluding tert-OH is 1. The zero-order valence-electron chi connectivity index (χ0n) is 11.5. The summed E-state index contributed by atoms with van der Waals surface area (Å²) in [6, 6.07) is 8.48. The van der Waals surface area contributed by atoms with Crippen LogP contribution in [0.5, 0.6) is 0 Å². The van der Waals surface area contributed by atoms with Crippen LogP contribution in [-0.4, -0.2) is 29.6 Å². The Hall–Kier alpha value is -2.18. The number of amides is 2. The largest absolute Gasteiger partial charge is 0.392 e. The van der Waals surface area contributed by atoms with E-state index in [1.165, 1.54) is 11.3 Å². The van der Waals surface area contributed by atoms with Gasteiger partial charge in [-0.3, -0.25) is 9.59 Å². The van der Waals surface area contributed by atoms with Gasteiger partial charge in [-0.1, -0.05) is 12.1 Å². The molecule has 1 aromatic heterocycles. The smallest absolute Gasteiger partial charge is 0.256 e. The van der Waals surface area contributed by atoms with E-state index in [0.29, 0.717) is 16.8 Å². The second kappa shape index (κ2) is 7.01. The first kappa shape index (κ1) is 15.2. The van der Waals surface area contributed by atoms with Gasteiger partial charge in [-0.2, -0.15) is 11.3 Å². The summed E-state index contributed by atoms with van der Waals surface area (Å²) < 4.78 is 0. The molecule has 0 radical (unpaired) electrons. The lowest BCUT2D eigenvalue weighted by Gasteiger charge is -2.11. The van der Waals surface area contributed by atoms with E-state index >= 15 is 0 Å². The van der Waals surface area contributed by atoms with Crippen LogP contribution in [0.2, 0.25) is 0 Å². The minimum Gasteiger partial charge on any atom is -0.392 e. The molecule has 110 valence electrons. The predicted molar refractivity (Wildman–Crippen MR) is 82.7 cm³/mol. The van der Waals surface area contributed by atoms with Gasteiger partial charge in [0.05, 0.1) is 22.9 Å². The van der Waals surface area contributed by atoms with Crippen LogP contribution in [0.4, 0.5) is 5.69 Å². The summed E-state index contributed by atoms with van der Waals surface area (Å²) in [5.74, 6) is -0.593. The first-order chi connectivity index (χ1) is 10.1. The fourth-order valence-electron chi connectivity index (χ4n) is 1.71. The Bertz CT molecular complexity index is 624. The molecule has 0 aliphatic carbocycles. The fraction of sp³-hybridized carbons (Fsp3) is 0.200. The Morgan fingerprint density at radius 2 is 2.00 bits per heavy atom. The molecule has 0 saturated carbocycles. The van der Waals surface area contributed by atoms with E-state index in [4.69, 9.17) is 0 Å². The zero-order chi connectivity index (χ0) is 15.2. The number of carbonyl (C=O) groups excluding carboxylic acids is 2. The predicted octanol–water partition coefficient (Wildman–Crippen LogP) is 2.11. The maximum Gasteiger partial charge on any atom is 0.256 e. The topological polar surface area (TPSA) is 78.4 Å². The van der Waals surface area contributed by atoms with Crippen molar-refractivity contribution in [2.75, 3.05) is 11.9 Å². The van der Waals surface area contributed by atoms with Crippen LogP contribution in [0.1, 0.15) is 27.6 Å². The van der Waals surface area contributed by atoms with Gasteiger partial charge in [0.25, 0.3) is 11.8 Å². The van der Waals surface area contributed by atoms with Crippen molar-refractivity contribution in [1.82, 2.24) is 5.32 Å². The minimum absolute atomic E-state index is 0.158. The fourth-order valence-corrected chi connectivity index (χ4v) is 2.35. The summed E-state index contributed by atoms with van der Waals surface area (Å²) in [6.07, 6.45) is -0.624. The van der Waals surface area contributed by atoms with Crippen LogP contribution in [-0.2, 0) is 0 Å². The Morgan fingerprint density at radius 1 is 1.24 bits per heavy atom. The summed E-state index contributed by atoms with van der Waals surface area (Å²) in [7, 11) is 0.